The van der Waals surface area contributed by atoms with Gasteiger partial charge < -0.3 is 14.5 Å². The van der Waals surface area contributed by atoms with Gasteiger partial charge in [-0.25, -0.2) is 9.97 Å². The average Bonchev–Trinajstić information content (AvgIpc) is 2.46. The molecule has 0 radical (unpaired) electrons. The molecule has 0 bridgehead atoms. The van der Waals surface area contributed by atoms with Crippen molar-refractivity contribution in [3.63, 3.8) is 0 Å². The average molecular weight is 280 g/mol. The van der Waals surface area contributed by atoms with Crippen molar-refractivity contribution in [3.05, 3.63) is 18.5 Å². The second kappa shape index (κ2) is 7.42. The van der Waals surface area contributed by atoms with E-state index in [1.165, 1.54) is 12.0 Å². The molecule has 0 aliphatic carbocycles. The Morgan fingerprint density at radius 1 is 1.30 bits per heavy atom. The lowest BCUT2D eigenvalue weighted by molar-refractivity contribution is -0.146. The molecule has 7 nitrogen and oxygen atoms in total. The van der Waals surface area contributed by atoms with Crippen LogP contribution in [0, 0.1) is 5.92 Å². The third kappa shape index (κ3) is 4.49. The zero-order valence-electron chi connectivity index (χ0n) is 12.2. The van der Waals surface area contributed by atoms with E-state index in [1.54, 1.807) is 44.4 Å². The monoisotopic (exact) mass is 280 g/mol. The lowest BCUT2D eigenvalue weighted by Gasteiger charge is -2.23. The molecule has 1 amide bonds. The molecule has 0 fully saturated rings. The molecule has 0 aliphatic heterocycles. The molecule has 0 spiro atoms. The Morgan fingerprint density at radius 2 is 1.90 bits per heavy atom. The predicted octanol–water partition coefficient (Wildman–Crippen LogP) is 0.180. The Labute approximate surface area is 118 Å². The number of hydrogen-bond donors (Lipinski definition) is 0. The normalized spacial score (nSPS) is 11.6. The first kappa shape index (κ1) is 15.9. The van der Waals surface area contributed by atoms with E-state index in [1.807, 2.05) is 0 Å². The third-order valence-electron chi connectivity index (χ3n) is 2.84. The second-order valence-corrected chi connectivity index (χ2v) is 4.60. The van der Waals surface area contributed by atoms with Crippen molar-refractivity contribution in [2.24, 2.45) is 5.92 Å². The van der Waals surface area contributed by atoms with Gasteiger partial charge in [-0.05, 0) is 6.07 Å². The van der Waals surface area contributed by atoms with Crippen LogP contribution < -0.4 is 4.90 Å². The quantitative estimate of drug-likeness (QED) is 0.692. The molecule has 20 heavy (non-hydrogen) atoms. The number of carbonyl (C=O) groups is 2. The van der Waals surface area contributed by atoms with Crippen LogP contribution in [-0.2, 0) is 14.3 Å². The summed E-state index contributed by atoms with van der Waals surface area (Å²) in [6.07, 6.45) is 3.23. The minimum absolute atomic E-state index is 0.115. The fraction of sp³-hybridized carbons (Fsp3) is 0.538. The van der Waals surface area contributed by atoms with E-state index in [0.29, 0.717) is 12.5 Å². The van der Waals surface area contributed by atoms with Crippen LogP contribution in [0.15, 0.2) is 18.5 Å². The van der Waals surface area contributed by atoms with Crippen LogP contribution in [-0.4, -0.2) is 61.0 Å². The molecule has 1 aromatic heterocycles. The Hall–Kier alpha value is -2.18. The maximum atomic E-state index is 12.0. The molecule has 1 rings (SSSR count). The molecule has 1 aromatic rings. The first-order valence-electron chi connectivity index (χ1n) is 6.25. The van der Waals surface area contributed by atoms with Gasteiger partial charge in [0, 0.05) is 33.0 Å². The number of hydrogen-bond acceptors (Lipinski definition) is 6. The van der Waals surface area contributed by atoms with Crippen LogP contribution in [0.2, 0.25) is 0 Å². The summed E-state index contributed by atoms with van der Waals surface area (Å²) in [6, 6.07) is 1.71. The number of carbonyl (C=O) groups excluding carboxylic acids is 2. The number of likely N-dealkylation sites (N-methyl/N-ethyl adjacent to an activating group) is 2. The van der Waals surface area contributed by atoms with Gasteiger partial charge in [0.05, 0.1) is 19.6 Å². The molecule has 0 saturated heterocycles. The maximum Gasteiger partial charge on any atom is 0.310 e. The SMILES string of the molecule is COC(=O)C(C)CN(C)C(=O)CN(C)c1ncccn1. The summed E-state index contributed by atoms with van der Waals surface area (Å²) in [5, 5.41) is 0. The van der Waals surface area contributed by atoms with E-state index in [9.17, 15) is 9.59 Å². The summed E-state index contributed by atoms with van der Waals surface area (Å²) in [5.74, 6) is -0.317. The van der Waals surface area contributed by atoms with Crippen molar-refractivity contribution in [1.82, 2.24) is 14.9 Å². The number of nitrogens with zero attached hydrogens (tertiary/aromatic N) is 4. The molecule has 0 N–H and O–H groups in total. The lowest BCUT2D eigenvalue weighted by Crippen LogP contribution is -2.40. The van der Waals surface area contributed by atoms with Crippen molar-refractivity contribution in [2.75, 3.05) is 39.2 Å². The highest BCUT2D eigenvalue weighted by Gasteiger charge is 2.20. The Balaban J connectivity index is 2.52. The summed E-state index contributed by atoms with van der Waals surface area (Å²) in [6.45, 7) is 2.18. The lowest BCUT2D eigenvalue weighted by atomic mass is 10.2. The van der Waals surface area contributed by atoms with E-state index < -0.39 is 0 Å². The van der Waals surface area contributed by atoms with Gasteiger partial charge >= 0.3 is 5.97 Å². The van der Waals surface area contributed by atoms with Gasteiger partial charge in [0.25, 0.3) is 0 Å². The van der Waals surface area contributed by atoms with Crippen LogP contribution in [0.5, 0.6) is 0 Å². The number of methoxy groups -OCH3 is 1. The van der Waals surface area contributed by atoms with Crippen LogP contribution >= 0.6 is 0 Å². The molecular weight excluding hydrogens is 260 g/mol. The summed E-state index contributed by atoms with van der Waals surface area (Å²) in [5.41, 5.74) is 0. The summed E-state index contributed by atoms with van der Waals surface area (Å²) in [4.78, 5) is 34.7. The minimum Gasteiger partial charge on any atom is -0.469 e. The molecular formula is C13H20N4O3. The van der Waals surface area contributed by atoms with Crippen molar-refractivity contribution in [3.8, 4) is 0 Å². The van der Waals surface area contributed by atoms with Gasteiger partial charge in [0.2, 0.25) is 11.9 Å². The summed E-state index contributed by atoms with van der Waals surface area (Å²) < 4.78 is 4.64. The van der Waals surface area contributed by atoms with Crippen molar-refractivity contribution < 1.29 is 14.3 Å². The standard InChI is InChI=1S/C13H20N4O3/c1-10(12(19)20-4)8-16(2)11(18)9-17(3)13-14-6-5-7-15-13/h5-7,10H,8-9H2,1-4H3. The number of aromatic nitrogens is 2. The zero-order valence-corrected chi connectivity index (χ0v) is 12.2. The predicted molar refractivity (Wildman–Crippen MR) is 74.1 cm³/mol. The van der Waals surface area contributed by atoms with E-state index in [0.717, 1.165) is 0 Å². The Bertz CT molecular complexity index is 452. The van der Waals surface area contributed by atoms with Crippen LogP contribution in [0.3, 0.4) is 0 Å². The van der Waals surface area contributed by atoms with Gasteiger partial charge in [-0.1, -0.05) is 6.92 Å². The number of esters is 1. The Kier molecular flexibility index (Phi) is 5.89. The van der Waals surface area contributed by atoms with Gasteiger partial charge in [-0.15, -0.1) is 0 Å². The first-order chi connectivity index (χ1) is 9.45. The van der Waals surface area contributed by atoms with E-state index >= 15 is 0 Å². The largest absolute Gasteiger partial charge is 0.469 e. The zero-order chi connectivity index (χ0) is 15.1. The van der Waals surface area contributed by atoms with Crippen LogP contribution in [0.4, 0.5) is 5.95 Å². The maximum absolute atomic E-state index is 12.0. The van der Waals surface area contributed by atoms with Crippen molar-refractivity contribution in [2.45, 2.75) is 6.92 Å². The molecule has 1 atom stereocenters. The number of rotatable bonds is 6. The fourth-order valence-electron chi connectivity index (χ4n) is 1.67. The summed E-state index contributed by atoms with van der Waals surface area (Å²) in [7, 11) is 4.73. The Morgan fingerprint density at radius 3 is 2.45 bits per heavy atom. The third-order valence-corrected chi connectivity index (χ3v) is 2.84. The highest BCUT2D eigenvalue weighted by atomic mass is 16.5. The first-order valence-corrected chi connectivity index (χ1v) is 6.25. The summed E-state index contributed by atoms with van der Waals surface area (Å²) >= 11 is 0. The topological polar surface area (TPSA) is 75.6 Å². The van der Waals surface area contributed by atoms with Gasteiger partial charge in [-0.3, -0.25) is 9.59 Å². The minimum atomic E-state index is -0.354. The van der Waals surface area contributed by atoms with E-state index in [-0.39, 0.29) is 24.3 Å². The smallest absolute Gasteiger partial charge is 0.310 e. The van der Waals surface area contributed by atoms with Gasteiger partial charge in [0.1, 0.15) is 0 Å². The molecule has 1 heterocycles. The molecule has 110 valence electrons. The van der Waals surface area contributed by atoms with Gasteiger partial charge in [0.15, 0.2) is 0 Å². The van der Waals surface area contributed by atoms with Crippen molar-refractivity contribution >= 4 is 17.8 Å². The molecule has 0 aliphatic rings. The highest BCUT2D eigenvalue weighted by molar-refractivity contribution is 5.81. The molecule has 0 saturated carbocycles. The highest BCUT2D eigenvalue weighted by Crippen LogP contribution is 2.04. The molecule has 1 unspecified atom stereocenters. The number of anilines is 1. The van der Waals surface area contributed by atoms with E-state index in [2.05, 4.69) is 14.7 Å². The van der Waals surface area contributed by atoms with Crippen molar-refractivity contribution in [1.29, 1.82) is 0 Å². The number of amides is 1. The second-order valence-electron chi connectivity index (χ2n) is 4.60. The van der Waals surface area contributed by atoms with Gasteiger partial charge in [-0.2, -0.15) is 0 Å². The fourth-order valence-corrected chi connectivity index (χ4v) is 1.67. The van der Waals surface area contributed by atoms with Crippen LogP contribution in [0.1, 0.15) is 6.92 Å². The van der Waals surface area contributed by atoms with E-state index in [4.69, 9.17) is 0 Å². The number of ether oxygens (including phenoxy) is 1. The van der Waals surface area contributed by atoms with Crippen LogP contribution in [0.25, 0.3) is 0 Å². The molecule has 7 heteroatoms. The molecule has 0 aromatic carbocycles.